The van der Waals surface area contributed by atoms with E-state index in [2.05, 4.69) is 10.6 Å². The number of aliphatic hydroxyl groups is 1. The van der Waals surface area contributed by atoms with E-state index in [-0.39, 0.29) is 19.1 Å². The van der Waals surface area contributed by atoms with Gasteiger partial charge in [-0.1, -0.05) is 74.5 Å². The highest BCUT2D eigenvalue weighted by atomic mass is 16.5. The minimum atomic E-state index is -1.27. The fourth-order valence-corrected chi connectivity index (χ4v) is 2.67. The molecule has 2 amide bonds. The van der Waals surface area contributed by atoms with E-state index in [0.29, 0.717) is 0 Å². The summed E-state index contributed by atoms with van der Waals surface area (Å²) in [5.41, 5.74) is 1.60. The first-order valence-corrected chi connectivity index (χ1v) is 9.99. The van der Waals surface area contributed by atoms with Gasteiger partial charge >= 0.3 is 12.1 Å². The zero-order chi connectivity index (χ0) is 22.6. The highest BCUT2D eigenvalue weighted by Gasteiger charge is 2.29. The highest BCUT2D eigenvalue weighted by Crippen LogP contribution is 2.08. The number of benzene rings is 2. The molecule has 3 N–H and O–H groups in total. The largest absolute Gasteiger partial charge is 0.459 e. The van der Waals surface area contributed by atoms with E-state index in [0.717, 1.165) is 11.1 Å². The standard InChI is InChI=1S/C23H28N2O6/c1-16(2)20(22(28)30-14-17-9-5-3-6-10-17)25-21(27)19(13-26)24-23(29)31-15-18-11-7-4-8-12-18/h3-12,16,19-20,26H,13-15H2,1-2H3,(H,24,29)(H,25,27). The Morgan fingerprint density at radius 2 is 1.35 bits per heavy atom. The Bertz CT molecular complexity index is 842. The zero-order valence-electron chi connectivity index (χ0n) is 17.6. The molecule has 0 aliphatic carbocycles. The van der Waals surface area contributed by atoms with Gasteiger partial charge in [0.15, 0.2) is 0 Å². The van der Waals surface area contributed by atoms with Crippen LogP contribution in [0, 0.1) is 5.92 Å². The van der Waals surface area contributed by atoms with Crippen molar-refractivity contribution in [1.29, 1.82) is 0 Å². The van der Waals surface area contributed by atoms with Gasteiger partial charge in [-0.15, -0.1) is 0 Å². The topological polar surface area (TPSA) is 114 Å². The number of amides is 2. The summed E-state index contributed by atoms with van der Waals surface area (Å²) in [5, 5.41) is 14.4. The fourth-order valence-electron chi connectivity index (χ4n) is 2.67. The third-order valence-corrected chi connectivity index (χ3v) is 4.45. The van der Waals surface area contributed by atoms with Crippen LogP contribution in [0.3, 0.4) is 0 Å². The maximum Gasteiger partial charge on any atom is 0.408 e. The SMILES string of the molecule is CC(C)C(NC(=O)C(CO)NC(=O)OCc1ccccc1)C(=O)OCc1ccccc1. The zero-order valence-corrected chi connectivity index (χ0v) is 17.6. The van der Waals surface area contributed by atoms with Gasteiger partial charge in [-0.2, -0.15) is 0 Å². The molecule has 2 rings (SSSR count). The molecule has 0 heterocycles. The molecule has 31 heavy (non-hydrogen) atoms. The van der Waals surface area contributed by atoms with Gasteiger partial charge in [0.25, 0.3) is 0 Å². The van der Waals surface area contributed by atoms with Gasteiger partial charge in [-0.3, -0.25) is 4.79 Å². The van der Waals surface area contributed by atoms with Crippen LogP contribution >= 0.6 is 0 Å². The number of rotatable bonds is 10. The normalized spacial score (nSPS) is 12.5. The lowest BCUT2D eigenvalue weighted by Crippen LogP contribution is -2.54. The minimum Gasteiger partial charge on any atom is -0.459 e. The number of hydrogen-bond acceptors (Lipinski definition) is 6. The van der Waals surface area contributed by atoms with Crippen LogP contribution in [0.25, 0.3) is 0 Å². The molecule has 0 fully saturated rings. The van der Waals surface area contributed by atoms with Gasteiger partial charge in [0.1, 0.15) is 25.3 Å². The van der Waals surface area contributed by atoms with Crippen LogP contribution in [0.5, 0.6) is 0 Å². The first-order chi connectivity index (χ1) is 14.9. The first kappa shape index (κ1) is 23.9. The summed E-state index contributed by atoms with van der Waals surface area (Å²) in [6.07, 6.45) is -0.856. The van der Waals surface area contributed by atoms with Crippen LogP contribution in [0.15, 0.2) is 60.7 Å². The van der Waals surface area contributed by atoms with Crippen LogP contribution < -0.4 is 10.6 Å². The second-order valence-corrected chi connectivity index (χ2v) is 7.26. The van der Waals surface area contributed by atoms with Crippen molar-refractivity contribution in [2.24, 2.45) is 5.92 Å². The molecule has 0 saturated carbocycles. The number of hydrogen-bond donors (Lipinski definition) is 3. The lowest BCUT2D eigenvalue weighted by molar-refractivity contribution is -0.150. The van der Waals surface area contributed by atoms with Crippen molar-refractivity contribution in [3.8, 4) is 0 Å². The van der Waals surface area contributed by atoms with Crippen molar-refractivity contribution < 1.29 is 29.0 Å². The number of alkyl carbamates (subject to hydrolysis) is 1. The molecule has 2 aromatic rings. The Hall–Kier alpha value is -3.39. The molecular weight excluding hydrogens is 400 g/mol. The Morgan fingerprint density at radius 1 is 0.839 bits per heavy atom. The molecule has 0 radical (unpaired) electrons. The molecule has 166 valence electrons. The van der Waals surface area contributed by atoms with Crippen LogP contribution in [0.4, 0.5) is 4.79 Å². The van der Waals surface area contributed by atoms with Crippen molar-refractivity contribution in [3.63, 3.8) is 0 Å². The third-order valence-electron chi connectivity index (χ3n) is 4.45. The smallest absolute Gasteiger partial charge is 0.408 e. The van der Waals surface area contributed by atoms with Crippen molar-refractivity contribution in [2.45, 2.75) is 39.1 Å². The molecule has 0 aromatic heterocycles. The summed E-state index contributed by atoms with van der Waals surface area (Å²) in [5.74, 6) is -1.58. The summed E-state index contributed by atoms with van der Waals surface area (Å²) in [6, 6.07) is 16.0. The molecule has 8 nitrogen and oxygen atoms in total. The second kappa shape index (κ2) is 12.3. The lowest BCUT2D eigenvalue weighted by Gasteiger charge is -2.23. The van der Waals surface area contributed by atoms with Gasteiger partial charge in [0.05, 0.1) is 6.61 Å². The number of esters is 1. The molecule has 2 unspecified atom stereocenters. The number of carbonyl (C=O) groups is 3. The van der Waals surface area contributed by atoms with Gasteiger partial charge in [0, 0.05) is 0 Å². The van der Waals surface area contributed by atoms with Gasteiger partial charge in [0.2, 0.25) is 5.91 Å². The minimum absolute atomic E-state index is 0.0207. The molecule has 2 aromatic carbocycles. The molecular formula is C23H28N2O6. The molecule has 8 heteroatoms. The maximum atomic E-state index is 12.5. The van der Waals surface area contributed by atoms with Crippen molar-refractivity contribution in [1.82, 2.24) is 10.6 Å². The molecule has 0 saturated heterocycles. The average Bonchev–Trinajstić information content (AvgIpc) is 2.79. The highest BCUT2D eigenvalue weighted by molar-refractivity contribution is 5.89. The summed E-state index contributed by atoms with van der Waals surface area (Å²) in [7, 11) is 0. The molecule has 0 bridgehead atoms. The third kappa shape index (κ3) is 8.10. The van der Waals surface area contributed by atoms with Crippen molar-refractivity contribution in [2.75, 3.05) is 6.61 Å². The van der Waals surface area contributed by atoms with Crippen LogP contribution in [0.2, 0.25) is 0 Å². The van der Waals surface area contributed by atoms with E-state index in [4.69, 9.17) is 9.47 Å². The van der Waals surface area contributed by atoms with E-state index < -0.39 is 36.7 Å². The van der Waals surface area contributed by atoms with Crippen molar-refractivity contribution >= 4 is 18.0 Å². The Balaban J connectivity index is 1.88. The maximum absolute atomic E-state index is 12.5. The summed E-state index contributed by atoms with van der Waals surface area (Å²) < 4.78 is 10.4. The van der Waals surface area contributed by atoms with Crippen LogP contribution in [0.1, 0.15) is 25.0 Å². The summed E-state index contributed by atoms with van der Waals surface area (Å²) >= 11 is 0. The Morgan fingerprint density at radius 3 is 1.84 bits per heavy atom. The van der Waals surface area contributed by atoms with E-state index >= 15 is 0 Å². The quantitative estimate of drug-likeness (QED) is 0.500. The number of ether oxygens (including phenoxy) is 2. The second-order valence-electron chi connectivity index (χ2n) is 7.26. The lowest BCUT2D eigenvalue weighted by atomic mass is 10.0. The first-order valence-electron chi connectivity index (χ1n) is 9.99. The van der Waals surface area contributed by atoms with Gasteiger partial charge in [-0.05, 0) is 17.0 Å². The predicted octanol–water partition coefficient (Wildman–Crippen LogP) is 2.16. The van der Waals surface area contributed by atoms with E-state index in [1.807, 2.05) is 48.5 Å². The summed E-state index contributed by atoms with van der Waals surface area (Å²) in [4.78, 5) is 37.0. The van der Waals surface area contributed by atoms with E-state index in [1.165, 1.54) is 0 Å². The Kier molecular flexibility index (Phi) is 9.51. The number of aliphatic hydroxyl groups excluding tert-OH is 1. The van der Waals surface area contributed by atoms with Crippen LogP contribution in [-0.4, -0.2) is 41.8 Å². The average molecular weight is 428 g/mol. The molecule has 0 aliphatic heterocycles. The van der Waals surface area contributed by atoms with E-state index in [9.17, 15) is 19.5 Å². The predicted molar refractivity (Wildman–Crippen MR) is 114 cm³/mol. The molecule has 0 spiro atoms. The van der Waals surface area contributed by atoms with E-state index in [1.54, 1.807) is 26.0 Å². The van der Waals surface area contributed by atoms with Gasteiger partial charge in [-0.25, -0.2) is 9.59 Å². The molecule has 2 atom stereocenters. The molecule has 0 aliphatic rings. The fraction of sp³-hybridized carbons (Fsp3) is 0.348. The van der Waals surface area contributed by atoms with Crippen molar-refractivity contribution in [3.05, 3.63) is 71.8 Å². The van der Waals surface area contributed by atoms with Crippen LogP contribution in [-0.2, 0) is 32.3 Å². The monoisotopic (exact) mass is 428 g/mol. The number of carbonyl (C=O) groups excluding carboxylic acids is 3. The Labute approximate surface area is 181 Å². The number of nitrogens with one attached hydrogen (secondary N) is 2. The van der Waals surface area contributed by atoms with Gasteiger partial charge < -0.3 is 25.2 Å². The summed E-state index contributed by atoms with van der Waals surface area (Å²) in [6.45, 7) is 2.95.